The number of amides is 1. The molecule has 1 aliphatic heterocycles. The third kappa shape index (κ3) is 3.11. The molecule has 2 aliphatic rings. The van der Waals surface area contributed by atoms with E-state index in [9.17, 15) is 4.79 Å². The van der Waals surface area contributed by atoms with Gasteiger partial charge in [0.15, 0.2) is 0 Å². The molecule has 1 heterocycles. The van der Waals surface area contributed by atoms with Crippen molar-refractivity contribution in [1.82, 2.24) is 5.32 Å². The molecule has 0 spiro atoms. The summed E-state index contributed by atoms with van der Waals surface area (Å²) >= 11 is 6.03. The van der Waals surface area contributed by atoms with Gasteiger partial charge in [0.05, 0.1) is 18.6 Å². The molecule has 1 saturated carbocycles. The number of carbonyl (C=O) groups is 1. The van der Waals surface area contributed by atoms with Crippen molar-refractivity contribution in [3.05, 3.63) is 0 Å². The van der Waals surface area contributed by atoms with Gasteiger partial charge in [0.1, 0.15) is 0 Å². The molecule has 2 unspecified atom stereocenters. The van der Waals surface area contributed by atoms with Crippen LogP contribution in [-0.2, 0) is 9.53 Å². The molecular formula is C12H20ClNO2. The molecule has 2 atom stereocenters. The van der Waals surface area contributed by atoms with Crippen LogP contribution in [0.4, 0.5) is 0 Å². The van der Waals surface area contributed by atoms with Crippen LogP contribution in [0, 0.1) is 5.92 Å². The zero-order chi connectivity index (χ0) is 11.5. The Balaban J connectivity index is 1.75. The van der Waals surface area contributed by atoms with Crippen molar-refractivity contribution < 1.29 is 9.53 Å². The lowest BCUT2D eigenvalue weighted by atomic mass is 9.94. The summed E-state index contributed by atoms with van der Waals surface area (Å²) in [6.45, 7) is 2.60. The zero-order valence-corrected chi connectivity index (χ0v) is 10.5. The predicted octanol–water partition coefficient (Wildman–Crippen LogP) is 2.08. The maximum atomic E-state index is 11.9. The number of alkyl halides is 1. The van der Waals surface area contributed by atoms with Crippen LogP contribution in [0.15, 0.2) is 0 Å². The van der Waals surface area contributed by atoms with Crippen molar-refractivity contribution in [3.63, 3.8) is 0 Å². The molecule has 0 bridgehead atoms. The van der Waals surface area contributed by atoms with Gasteiger partial charge in [-0.2, -0.15) is 0 Å². The number of hydrogen-bond donors (Lipinski definition) is 1. The maximum Gasteiger partial charge on any atom is 0.225 e. The summed E-state index contributed by atoms with van der Waals surface area (Å²) in [6, 6.07) is 0.332. The lowest BCUT2D eigenvalue weighted by Gasteiger charge is -2.26. The second-order valence-corrected chi connectivity index (χ2v) is 5.65. The Kier molecular flexibility index (Phi) is 4.09. The third-order valence-electron chi connectivity index (χ3n) is 3.57. The van der Waals surface area contributed by atoms with Gasteiger partial charge in [-0.15, -0.1) is 11.6 Å². The highest BCUT2D eigenvalue weighted by Gasteiger charge is 2.30. The van der Waals surface area contributed by atoms with Crippen molar-refractivity contribution >= 4 is 17.5 Å². The fraction of sp³-hybridized carbons (Fsp3) is 0.917. The van der Waals surface area contributed by atoms with E-state index < -0.39 is 0 Å². The van der Waals surface area contributed by atoms with Crippen molar-refractivity contribution in [1.29, 1.82) is 0 Å². The first kappa shape index (κ1) is 12.2. The molecule has 1 N–H and O–H groups in total. The number of rotatable bonds is 2. The lowest BCUT2D eigenvalue weighted by Crippen LogP contribution is -2.41. The van der Waals surface area contributed by atoms with E-state index in [1.165, 1.54) is 0 Å². The molecule has 1 amide bonds. The smallest absolute Gasteiger partial charge is 0.225 e. The molecule has 0 aromatic heterocycles. The summed E-state index contributed by atoms with van der Waals surface area (Å²) in [7, 11) is 0. The maximum absolute atomic E-state index is 11.9. The largest absolute Gasteiger partial charge is 0.378 e. The summed E-state index contributed by atoms with van der Waals surface area (Å²) in [5, 5.41) is 3.43. The predicted molar refractivity (Wildman–Crippen MR) is 63.6 cm³/mol. The van der Waals surface area contributed by atoms with Gasteiger partial charge >= 0.3 is 0 Å². The van der Waals surface area contributed by atoms with E-state index in [2.05, 4.69) is 5.32 Å². The Hall–Kier alpha value is -0.280. The first-order valence-corrected chi connectivity index (χ1v) is 6.65. The third-order valence-corrected chi connectivity index (χ3v) is 4.01. The molecular weight excluding hydrogens is 226 g/mol. The molecule has 16 heavy (non-hydrogen) atoms. The van der Waals surface area contributed by atoms with E-state index in [1.54, 1.807) is 0 Å². The first-order valence-electron chi connectivity index (χ1n) is 6.21. The van der Waals surface area contributed by atoms with Crippen LogP contribution in [0.1, 0.15) is 39.0 Å². The van der Waals surface area contributed by atoms with E-state index in [-0.39, 0.29) is 17.9 Å². The minimum atomic E-state index is 0.0590. The molecule has 0 radical (unpaired) electrons. The van der Waals surface area contributed by atoms with E-state index in [4.69, 9.17) is 16.3 Å². The number of carbonyl (C=O) groups excluding carboxylic acids is 1. The summed E-state index contributed by atoms with van der Waals surface area (Å²) in [6.07, 6.45) is 5.16. The molecule has 1 saturated heterocycles. The van der Waals surface area contributed by atoms with Crippen molar-refractivity contribution in [2.24, 2.45) is 5.92 Å². The fourth-order valence-electron chi connectivity index (χ4n) is 2.52. The molecule has 1 aliphatic carbocycles. The Morgan fingerprint density at radius 3 is 2.56 bits per heavy atom. The average Bonchev–Trinajstić information content (AvgIpc) is 2.68. The van der Waals surface area contributed by atoms with Crippen molar-refractivity contribution in [2.75, 3.05) is 6.61 Å². The SMILES string of the molecule is CC1CC(C(=O)NC2CCC(Cl)CC2)CO1. The van der Waals surface area contributed by atoms with Crippen molar-refractivity contribution in [2.45, 2.75) is 56.6 Å². The quantitative estimate of drug-likeness (QED) is 0.757. The van der Waals surface area contributed by atoms with Gasteiger partial charge < -0.3 is 10.1 Å². The first-order chi connectivity index (χ1) is 7.65. The topological polar surface area (TPSA) is 38.3 Å². The normalized spacial score (nSPS) is 39.6. The number of hydrogen-bond acceptors (Lipinski definition) is 2. The minimum absolute atomic E-state index is 0.0590. The van der Waals surface area contributed by atoms with Gasteiger partial charge in [-0.1, -0.05) is 0 Å². The molecule has 0 aromatic rings. The minimum Gasteiger partial charge on any atom is -0.378 e. The van der Waals surface area contributed by atoms with Gasteiger partial charge in [-0.05, 0) is 39.0 Å². The van der Waals surface area contributed by atoms with Crippen LogP contribution in [0.2, 0.25) is 0 Å². The zero-order valence-electron chi connectivity index (χ0n) is 9.75. The molecule has 2 fully saturated rings. The Bertz CT molecular complexity index is 251. The lowest BCUT2D eigenvalue weighted by molar-refractivity contribution is -0.125. The van der Waals surface area contributed by atoms with Crippen LogP contribution in [0.5, 0.6) is 0 Å². The molecule has 0 aromatic carbocycles. The van der Waals surface area contributed by atoms with Crippen LogP contribution in [0.3, 0.4) is 0 Å². The highest BCUT2D eigenvalue weighted by atomic mass is 35.5. The molecule has 4 heteroatoms. The van der Waals surface area contributed by atoms with Gasteiger partial charge in [-0.3, -0.25) is 4.79 Å². The number of nitrogens with one attached hydrogen (secondary N) is 1. The molecule has 92 valence electrons. The highest BCUT2D eigenvalue weighted by molar-refractivity contribution is 6.20. The van der Waals surface area contributed by atoms with E-state index in [0.717, 1.165) is 32.1 Å². The van der Waals surface area contributed by atoms with E-state index in [1.807, 2.05) is 6.92 Å². The second kappa shape index (κ2) is 5.37. The summed E-state index contributed by atoms with van der Waals surface area (Å²) in [5.41, 5.74) is 0. The average molecular weight is 246 g/mol. The highest BCUT2D eigenvalue weighted by Crippen LogP contribution is 2.24. The number of halogens is 1. The fourth-order valence-corrected chi connectivity index (χ4v) is 2.77. The van der Waals surface area contributed by atoms with Crippen LogP contribution in [0.25, 0.3) is 0 Å². The van der Waals surface area contributed by atoms with E-state index in [0.29, 0.717) is 18.0 Å². The van der Waals surface area contributed by atoms with Crippen LogP contribution in [-0.4, -0.2) is 30.0 Å². The molecule has 3 nitrogen and oxygen atoms in total. The number of ether oxygens (including phenoxy) is 1. The summed E-state index contributed by atoms with van der Waals surface area (Å²) in [5.74, 6) is 0.228. The standard InChI is InChI=1S/C12H20ClNO2/c1-8-6-9(7-16-8)12(15)14-11-4-2-10(13)3-5-11/h8-11H,2-7H2,1H3,(H,14,15). The molecule has 2 rings (SSSR count). The van der Waals surface area contributed by atoms with Gasteiger partial charge in [0, 0.05) is 11.4 Å². The summed E-state index contributed by atoms with van der Waals surface area (Å²) < 4.78 is 5.41. The van der Waals surface area contributed by atoms with Crippen LogP contribution >= 0.6 is 11.6 Å². The van der Waals surface area contributed by atoms with Gasteiger partial charge in [-0.25, -0.2) is 0 Å². The van der Waals surface area contributed by atoms with Crippen LogP contribution < -0.4 is 5.32 Å². The van der Waals surface area contributed by atoms with E-state index >= 15 is 0 Å². The monoisotopic (exact) mass is 245 g/mol. The Morgan fingerprint density at radius 1 is 1.31 bits per heavy atom. The Labute approximate surface area is 102 Å². The van der Waals surface area contributed by atoms with Gasteiger partial charge in [0.25, 0.3) is 0 Å². The summed E-state index contributed by atoms with van der Waals surface area (Å²) in [4.78, 5) is 11.9. The van der Waals surface area contributed by atoms with Gasteiger partial charge in [0.2, 0.25) is 5.91 Å². The van der Waals surface area contributed by atoms with Crippen molar-refractivity contribution in [3.8, 4) is 0 Å². The Morgan fingerprint density at radius 2 is 2.00 bits per heavy atom. The second-order valence-electron chi connectivity index (χ2n) is 5.03.